The van der Waals surface area contributed by atoms with Gasteiger partial charge in [-0.25, -0.2) is 4.79 Å². The van der Waals surface area contributed by atoms with Gasteiger partial charge >= 0.3 is 6.09 Å². The molecular formula is C17H27N3O3. The Morgan fingerprint density at radius 1 is 1.35 bits per heavy atom. The number of aliphatic hydroxyl groups is 1. The number of carbonyl (C=O) groups is 1. The number of rotatable bonds is 5. The molecule has 1 amide bonds. The highest BCUT2D eigenvalue weighted by Gasteiger charge is 2.23. The number of piperidine rings is 1. The van der Waals surface area contributed by atoms with Crippen LogP contribution in [0.4, 0.5) is 16.2 Å². The maximum Gasteiger partial charge on any atom is 0.411 e. The molecule has 1 saturated heterocycles. The summed E-state index contributed by atoms with van der Waals surface area (Å²) in [6.07, 6.45) is 1.59. The van der Waals surface area contributed by atoms with Gasteiger partial charge in [0.2, 0.25) is 0 Å². The van der Waals surface area contributed by atoms with E-state index in [1.54, 1.807) is 0 Å². The zero-order valence-electron chi connectivity index (χ0n) is 14.1. The maximum absolute atomic E-state index is 11.3. The number of β-amino-alcohol motifs (C(OH)–C–C–N with tert-alkyl or cyclic N) is 1. The van der Waals surface area contributed by atoms with Crippen LogP contribution < -0.4 is 10.6 Å². The molecule has 0 spiro atoms. The van der Waals surface area contributed by atoms with Crippen LogP contribution in [0.3, 0.4) is 0 Å². The fraction of sp³-hybridized carbons (Fsp3) is 0.588. The van der Waals surface area contributed by atoms with Crippen molar-refractivity contribution in [3.05, 3.63) is 24.3 Å². The van der Waals surface area contributed by atoms with Crippen molar-refractivity contribution in [2.75, 3.05) is 37.4 Å². The first-order valence-corrected chi connectivity index (χ1v) is 8.02. The normalized spacial score (nSPS) is 16.9. The van der Waals surface area contributed by atoms with Gasteiger partial charge < -0.3 is 20.1 Å². The minimum atomic E-state index is -0.645. The van der Waals surface area contributed by atoms with Crippen molar-refractivity contribution >= 4 is 17.5 Å². The van der Waals surface area contributed by atoms with E-state index in [1.165, 1.54) is 7.11 Å². The van der Waals surface area contributed by atoms with E-state index in [0.717, 1.165) is 31.6 Å². The van der Waals surface area contributed by atoms with Crippen LogP contribution in [0.1, 0.15) is 26.7 Å². The molecule has 0 aliphatic carbocycles. The predicted molar refractivity (Wildman–Crippen MR) is 91.9 cm³/mol. The molecule has 0 aromatic heterocycles. The lowest BCUT2D eigenvalue weighted by Gasteiger charge is -2.35. The molecule has 1 heterocycles. The minimum Gasteiger partial charge on any atom is -0.453 e. The average molecular weight is 321 g/mol. The molecule has 1 aliphatic rings. The zero-order valence-corrected chi connectivity index (χ0v) is 14.1. The molecule has 3 N–H and O–H groups in total. The minimum absolute atomic E-state index is 0.404. The average Bonchev–Trinajstić information content (AvgIpc) is 2.48. The van der Waals surface area contributed by atoms with Crippen molar-refractivity contribution in [1.29, 1.82) is 0 Å². The largest absolute Gasteiger partial charge is 0.453 e. The quantitative estimate of drug-likeness (QED) is 0.777. The fourth-order valence-corrected chi connectivity index (χ4v) is 2.87. The van der Waals surface area contributed by atoms with Gasteiger partial charge in [0.25, 0.3) is 0 Å². The Hall–Kier alpha value is -1.79. The smallest absolute Gasteiger partial charge is 0.411 e. The van der Waals surface area contributed by atoms with E-state index >= 15 is 0 Å². The molecule has 0 saturated carbocycles. The Morgan fingerprint density at radius 3 is 2.61 bits per heavy atom. The first-order valence-electron chi connectivity index (χ1n) is 8.02. The molecule has 0 unspecified atom stereocenters. The third-order valence-corrected chi connectivity index (χ3v) is 3.86. The van der Waals surface area contributed by atoms with Gasteiger partial charge in [-0.3, -0.25) is 5.32 Å². The predicted octanol–water partition coefficient (Wildman–Crippen LogP) is 2.51. The van der Waals surface area contributed by atoms with Crippen molar-refractivity contribution in [2.24, 2.45) is 0 Å². The zero-order chi connectivity index (χ0) is 16.9. The van der Waals surface area contributed by atoms with E-state index in [0.29, 0.717) is 18.3 Å². The summed E-state index contributed by atoms with van der Waals surface area (Å²) in [7, 11) is 1.35. The monoisotopic (exact) mass is 321 g/mol. The summed E-state index contributed by atoms with van der Waals surface area (Å²) in [5, 5.41) is 16.1. The van der Waals surface area contributed by atoms with Gasteiger partial charge in [0.1, 0.15) is 0 Å². The summed E-state index contributed by atoms with van der Waals surface area (Å²) < 4.78 is 4.60. The van der Waals surface area contributed by atoms with Gasteiger partial charge in [-0.2, -0.15) is 0 Å². The maximum atomic E-state index is 11.3. The topological polar surface area (TPSA) is 73.8 Å². The lowest BCUT2D eigenvalue weighted by Crippen LogP contribution is -2.45. The van der Waals surface area contributed by atoms with Gasteiger partial charge in [-0.05, 0) is 44.9 Å². The van der Waals surface area contributed by atoms with E-state index < -0.39 is 11.7 Å². The number of nitrogens with zero attached hydrogens (tertiary/aromatic N) is 1. The number of likely N-dealkylation sites (tertiary alicyclic amines) is 1. The Labute approximate surface area is 137 Å². The standard InChI is InChI=1S/C17H27N3O3/c1-17(2,22)12-20-9-7-13(8-10-20)18-14-5-4-6-15(11-14)19-16(21)23-3/h4-6,11,13,18,22H,7-10,12H2,1-3H3,(H,19,21). The molecule has 0 radical (unpaired) electrons. The molecule has 23 heavy (non-hydrogen) atoms. The van der Waals surface area contributed by atoms with E-state index in [1.807, 2.05) is 38.1 Å². The van der Waals surface area contributed by atoms with Gasteiger partial charge in [0.05, 0.1) is 12.7 Å². The second-order valence-corrected chi connectivity index (χ2v) is 6.70. The van der Waals surface area contributed by atoms with E-state index in [4.69, 9.17) is 0 Å². The Kier molecular flexibility index (Phi) is 5.85. The highest BCUT2D eigenvalue weighted by molar-refractivity contribution is 5.85. The highest BCUT2D eigenvalue weighted by atomic mass is 16.5. The number of methoxy groups -OCH3 is 1. The van der Waals surface area contributed by atoms with Crippen molar-refractivity contribution in [2.45, 2.75) is 38.3 Å². The highest BCUT2D eigenvalue weighted by Crippen LogP contribution is 2.20. The van der Waals surface area contributed by atoms with Crippen LogP contribution in [-0.4, -0.2) is 54.5 Å². The first kappa shape index (κ1) is 17.6. The van der Waals surface area contributed by atoms with Crippen LogP contribution in [0.25, 0.3) is 0 Å². The van der Waals surface area contributed by atoms with Crippen LogP contribution in [0.15, 0.2) is 24.3 Å². The molecule has 1 aliphatic heterocycles. The third-order valence-electron chi connectivity index (χ3n) is 3.86. The number of carbonyl (C=O) groups excluding carboxylic acids is 1. The summed E-state index contributed by atoms with van der Waals surface area (Å²) in [6.45, 7) is 6.34. The van der Waals surface area contributed by atoms with Gasteiger partial charge in [0.15, 0.2) is 0 Å². The third kappa shape index (κ3) is 6.08. The molecule has 0 bridgehead atoms. The summed E-state index contributed by atoms with van der Waals surface area (Å²) in [5.74, 6) is 0. The lowest BCUT2D eigenvalue weighted by atomic mass is 10.0. The molecule has 1 fully saturated rings. The van der Waals surface area contributed by atoms with Gasteiger partial charge in [0, 0.05) is 37.1 Å². The van der Waals surface area contributed by atoms with Crippen molar-refractivity contribution in [3.63, 3.8) is 0 Å². The van der Waals surface area contributed by atoms with Crippen molar-refractivity contribution < 1.29 is 14.6 Å². The molecule has 2 rings (SSSR count). The number of amides is 1. The Bertz CT molecular complexity index is 520. The van der Waals surface area contributed by atoms with Crippen molar-refractivity contribution in [1.82, 2.24) is 4.90 Å². The summed E-state index contributed by atoms with van der Waals surface area (Å²) in [5.41, 5.74) is 1.05. The number of hydrogen-bond acceptors (Lipinski definition) is 5. The van der Waals surface area contributed by atoms with Crippen LogP contribution in [-0.2, 0) is 4.74 Å². The van der Waals surface area contributed by atoms with E-state index in [2.05, 4.69) is 20.3 Å². The molecule has 6 heteroatoms. The molecule has 0 atom stereocenters. The fourth-order valence-electron chi connectivity index (χ4n) is 2.87. The SMILES string of the molecule is COC(=O)Nc1cccc(NC2CCN(CC(C)(C)O)CC2)c1. The number of benzene rings is 1. The van der Waals surface area contributed by atoms with E-state index in [-0.39, 0.29) is 0 Å². The molecule has 6 nitrogen and oxygen atoms in total. The van der Waals surface area contributed by atoms with Crippen LogP contribution in [0.5, 0.6) is 0 Å². The summed E-state index contributed by atoms with van der Waals surface area (Å²) in [6, 6.07) is 8.03. The Balaban J connectivity index is 1.84. The Morgan fingerprint density at radius 2 is 2.00 bits per heavy atom. The molecular weight excluding hydrogens is 294 g/mol. The van der Waals surface area contributed by atoms with Crippen LogP contribution in [0.2, 0.25) is 0 Å². The molecule has 1 aromatic rings. The van der Waals surface area contributed by atoms with Gasteiger partial charge in [-0.1, -0.05) is 6.07 Å². The number of anilines is 2. The summed E-state index contributed by atoms with van der Waals surface area (Å²) >= 11 is 0. The number of ether oxygens (including phenoxy) is 1. The van der Waals surface area contributed by atoms with E-state index in [9.17, 15) is 9.90 Å². The van der Waals surface area contributed by atoms with Crippen molar-refractivity contribution in [3.8, 4) is 0 Å². The molecule has 1 aromatic carbocycles. The van der Waals surface area contributed by atoms with Crippen LogP contribution >= 0.6 is 0 Å². The second kappa shape index (κ2) is 7.66. The lowest BCUT2D eigenvalue weighted by molar-refractivity contribution is 0.0291. The molecule has 128 valence electrons. The van der Waals surface area contributed by atoms with Gasteiger partial charge in [-0.15, -0.1) is 0 Å². The number of hydrogen-bond donors (Lipinski definition) is 3. The number of nitrogens with one attached hydrogen (secondary N) is 2. The van der Waals surface area contributed by atoms with Crippen LogP contribution in [0, 0.1) is 0 Å². The second-order valence-electron chi connectivity index (χ2n) is 6.70. The first-order chi connectivity index (χ1) is 10.9. The summed E-state index contributed by atoms with van der Waals surface area (Å²) in [4.78, 5) is 13.6.